The number of morpholine rings is 1. The second-order valence-corrected chi connectivity index (χ2v) is 3.94. The lowest BCUT2D eigenvalue weighted by Gasteiger charge is -2.24. The number of nitrogens with zero attached hydrogens (tertiary/aromatic N) is 3. The molecule has 2 heterocycles. The van der Waals surface area contributed by atoms with Crippen LogP contribution in [-0.2, 0) is 4.74 Å². The van der Waals surface area contributed by atoms with Gasteiger partial charge in [-0.15, -0.1) is 10.2 Å². The van der Waals surface area contributed by atoms with Crippen LogP contribution >= 0.6 is 0 Å². The summed E-state index contributed by atoms with van der Waals surface area (Å²) in [6, 6.07) is 8.41. The van der Waals surface area contributed by atoms with Gasteiger partial charge in [0.05, 0.1) is 19.3 Å². The third-order valence-electron chi connectivity index (χ3n) is 2.84. The molecule has 3 rings (SSSR count). The summed E-state index contributed by atoms with van der Waals surface area (Å²) in [4.78, 5) is 0. The summed E-state index contributed by atoms with van der Waals surface area (Å²) in [5.74, 6) is 0.615. The summed E-state index contributed by atoms with van der Waals surface area (Å²) in [7, 11) is 0. The van der Waals surface area contributed by atoms with E-state index < -0.39 is 0 Å². The molecule has 0 radical (unpaired) electrons. The summed E-state index contributed by atoms with van der Waals surface area (Å²) in [6.45, 7) is 2.41. The van der Waals surface area contributed by atoms with Crippen LogP contribution in [0.4, 0.5) is 0 Å². The van der Waals surface area contributed by atoms with E-state index >= 15 is 0 Å². The molecule has 0 amide bonds. The van der Waals surface area contributed by atoms with Crippen molar-refractivity contribution in [3.8, 4) is 11.4 Å². The second kappa shape index (κ2) is 4.60. The number of H-pyrrole nitrogens is 1. The molecule has 17 heavy (non-hydrogen) atoms. The van der Waals surface area contributed by atoms with Gasteiger partial charge in [-0.05, 0) is 10.8 Å². The van der Waals surface area contributed by atoms with Crippen molar-refractivity contribution in [2.45, 2.75) is 6.04 Å². The van der Waals surface area contributed by atoms with Crippen LogP contribution in [0.15, 0.2) is 24.3 Å². The number of tetrazole rings is 1. The summed E-state index contributed by atoms with van der Waals surface area (Å²) in [6.07, 6.45) is 0. The van der Waals surface area contributed by atoms with Gasteiger partial charge in [0.25, 0.3) is 0 Å². The normalized spacial score (nSPS) is 20.4. The molecule has 1 fully saturated rings. The molecule has 0 aliphatic carbocycles. The smallest absolute Gasteiger partial charge is 0.204 e. The number of aromatic amines is 1. The van der Waals surface area contributed by atoms with Crippen LogP contribution in [-0.4, -0.2) is 40.4 Å². The molecule has 2 N–H and O–H groups in total. The zero-order chi connectivity index (χ0) is 11.5. The Bertz CT molecular complexity index is 461. The fourth-order valence-corrected chi connectivity index (χ4v) is 1.93. The van der Waals surface area contributed by atoms with Crippen LogP contribution in [0.25, 0.3) is 11.4 Å². The molecule has 0 bridgehead atoms. The lowest BCUT2D eigenvalue weighted by atomic mass is 10.0. The largest absolute Gasteiger partial charge is 0.378 e. The van der Waals surface area contributed by atoms with E-state index in [1.807, 2.05) is 12.1 Å². The molecule has 88 valence electrons. The minimum Gasteiger partial charge on any atom is -0.378 e. The molecule has 0 saturated carbocycles. The Hall–Kier alpha value is -1.79. The van der Waals surface area contributed by atoms with Crippen LogP contribution in [0.1, 0.15) is 11.6 Å². The van der Waals surface area contributed by atoms with E-state index in [-0.39, 0.29) is 6.04 Å². The Morgan fingerprint density at radius 3 is 2.76 bits per heavy atom. The summed E-state index contributed by atoms with van der Waals surface area (Å²) in [5, 5.41) is 17.3. The van der Waals surface area contributed by atoms with Gasteiger partial charge >= 0.3 is 0 Å². The van der Waals surface area contributed by atoms with Crippen molar-refractivity contribution < 1.29 is 4.74 Å². The fourth-order valence-electron chi connectivity index (χ4n) is 1.93. The first-order valence-electron chi connectivity index (χ1n) is 5.58. The van der Waals surface area contributed by atoms with Gasteiger partial charge in [-0.2, -0.15) is 5.21 Å². The molecule has 1 aliphatic heterocycles. The molecule has 6 heteroatoms. The molecular formula is C11H13N5O. The first-order valence-corrected chi connectivity index (χ1v) is 5.58. The van der Waals surface area contributed by atoms with Crippen molar-refractivity contribution in [3.05, 3.63) is 29.8 Å². The SMILES string of the molecule is c1cc([C@H]2COCCN2)ccc1-c1nn[nH]n1. The summed E-state index contributed by atoms with van der Waals surface area (Å²) in [5.41, 5.74) is 2.18. The van der Waals surface area contributed by atoms with E-state index in [1.54, 1.807) is 0 Å². The van der Waals surface area contributed by atoms with E-state index in [9.17, 15) is 0 Å². The Balaban J connectivity index is 1.80. The van der Waals surface area contributed by atoms with Crippen molar-refractivity contribution in [1.82, 2.24) is 25.9 Å². The minimum absolute atomic E-state index is 0.281. The lowest BCUT2D eigenvalue weighted by molar-refractivity contribution is 0.0769. The Kier molecular flexibility index (Phi) is 2.81. The first-order chi connectivity index (χ1) is 8.43. The van der Waals surface area contributed by atoms with Crippen LogP contribution in [0.3, 0.4) is 0 Å². The number of rotatable bonds is 2. The van der Waals surface area contributed by atoms with Gasteiger partial charge in [0.1, 0.15) is 0 Å². The zero-order valence-corrected chi connectivity index (χ0v) is 9.26. The predicted octanol–water partition coefficient (Wildman–Crippen LogP) is 0.528. The number of aromatic nitrogens is 4. The molecule has 6 nitrogen and oxygen atoms in total. The summed E-state index contributed by atoms with van der Waals surface area (Å²) < 4.78 is 5.44. The molecular weight excluding hydrogens is 218 g/mol. The molecule has 0 unspecified atom stereocenters. The molecule has 1 saturated heterocycles. The molecule has 1 atom stereocenters. The van der Waals surface area contributed by atoms with Crippen LogP contribution in [0.2, 0.25) is 0 Å². The molecule has 1 aromatic carbocycles. The highest BCUT2D eigenvalue weighted by molar-refractivity contribution is 5.54. The maximum absolute atomic E-state index is 5.44. The highest BCUT2D eigenvalue weighted by Crippen LogP contribution is 2.19. The van der Waals surface area contributed by atoms with E-state index in [0.717, 1.165) is 25.3 Å². The summed E-state index contributed by atoms with van der Waals surface area (Å²) >= 11 is 0. The number of benzene rings is 1. The minimum atomic E-state index is 0.281. The monoisotopic (exact) mass is 231 g/mol. The van der Waals surface area contributed by atoms with Crippen molar-refractivity contribution >= 4 is 0 Å². The standard InChI is InChI=1S/C11H13N5O/c1-3-9(11-13-15-16-14-11)4-2-8(1)10-7-17-6-5-12-10/h1-4,10,12H,5-7H2,(H,13,14,15,16)/t10-/m1/s1. The Labute approximate surface area is 98.4 Å². The van der Waals surface area contributed by atoms with Crippen molar-refractivity contribution in [3.63, 3.8) is 0 Å². The van der Waals surface area contributed by atoms with Gasteiger partial charge in [-0.25, -0.2) is 0 Å². The van der Waals surface area contributed by atoms with E-state index in [2.05, 4.69) is 38.1 Å². The lowest BCUT2D eigenvalue weighted by Crippen LogP contribution is -2.34. The maximum atomic E-state index is 5.44. The average Bonchev–Trinajstić information content (AvgIpc) is 2.94. The van der Waals surface area contributed by atoms with Gasteiger partial charge in [-0.3, -0.25) is 0 Å². The maximum Gasteiger partial charge on any atom is 0.204 e. The molecule has 0 spiro atoms. The topological polar surface area (TPSA) is 75.7 Å². The molecule has 1 aromatic heterocycles. The highest BCUT2D eigenvalue weighted by Gasteiger charge is 2.15. The van der Waals surface area contributed by atoms with Gasteiger partial charge in [0.15, 0.2) is 0 Å². The van der Waals surface area contributed by atoms with Gasteiger partial charge in [0, 0.05) is 12.1 Å². The molecule has 2 aromatic rings. The number of ether oxygens (including phenoxy) is 1. The molecule has 1 aliphatic rings. The third-order valence-corrected chi connectivity index (χ3v) is 2.84. The number of hydrogen-bond acceptors (Lipinski definition) is 5. The average molecular weight is 231 g/mol. The number of hydrogen-bond donors (Lipinski definition) is 2. The van der Waals surface area contributed by atoms with E-state index in [4.69, 9.17) is 4.74 Å². The number of nitrogens with one attached hydrogen (secondary N) is 2. The second-order valence-electron chi connectivity index (χ2n) is 3.94. The zero-order valence-electron chi connectivity index (χ0n) is 9.26. The van der Waals surface area contributed by atoms with E-state index in [0.29, 0.717) is 5.82 Å². The third kappa shape index (κ3) is 2.17. The Morgan fingerprint density at radius 1 is 1.24 bits per heavy atom. The van der Waals surface area contributed by atoms with Gasteiger partial charge < -0.3 is 10.1 Å². The van der Waals surface area contributed by atoms with Crippen molar-refractivity contribution in [2.24, 2.45) is 0 Å². The van der Waals surface area contributed by atoms with Gasteiger partial charge in [0.2, 0.25) is 5.82 Å². The van der Waals surface area contributed by atoms with Crippen LogP contribution in [0, 0.1) is 0 Å². The van der Waals surface area contributed by atoms with Crippen molar-refractivity contribution in [1.29, 1.82) is 0 Å². The van der Waals surface area contributed by atoms with Crippen molar-refractivity contribution in [2.75, 3.05) is 19.8 Å². The first kappa shape index (κ1) is 10.4. The van der Waals surface area contributed by atoms with Crippen LogP contribution in [0.5, 0.6) is 0 Å². The van der Waals surface area contributed by atoms with Gasteiger partial charge in [-0.1, -0.05) is 24.3 Å². The van der Waals surface area contributed by atoms with Crippen LogP contribution < -0.4 is 5.32 Å². The fraction of sp³-hybridized carbons (Fsp3) is 0.364. The van der Waals surface area contributed by atoms with E-state index in [1.165, 1.54) is 5.56 Å². The quantitative estimate of drug-likeness (QED) is 0.788. The Morgan fingerprint density at radius 2 is 2.12 bits per heavy atom. The predicted molar refractivity (Wildman–Crippen MR) is 61.2 cm³/mol. The highest BCUT2D eigenvalue weighted by atomic mass is 16.5.